The molecule has 0 aliphatic carbocycles. The summed E-state index contributed by atoms with van der Waals surface area (Å²) >= 11 is 0. The molecule has 1 atom stereocenters. The van der Waals surface area contributed by atoms with Crippen molar-refractivity contribution in [1.29, 1.82) is 0 Å². The third-order valence-corrected chi connectivity index (χ3v) is 6.96. The maximum Gasteiger partial charge on any atom is 0.269 e. The lowest BCUT2D eigenvalue weighted by atomic mass is 10.0. The predicted molar refractivity (Wildman–Crippen MR) is 156 cm³/mol. The molecule has 5 N–H and O–H groups in total. The minimum absolute atomic E-state index is 0.0149. The highest BCUT2D eigenvalue weighted by Crippen LogP contribution is 2.34. The summed E-state index contributed by atoms with van der Waals surface area (Å²) in [6, 6.07) is 9.72. The fraction of sp³-hybridized carbons (Fsp3) is 0.333. The molecule has 0 radical (unpaired) electrons. The Labute approximate surface area is 239 Å². The van der Waals surface area contributed by atoms with Crippen molar-refractivity contribution >= 4 is 23.5 Å². The van der Waals surface area contributed by atoms with E-state index in [4.69, 9.17) is 23.1 Å². The number of primary amides is 1. The van der Waals surface area contributed by atoms with Crippen LogP contribution in [-0.4, -0.2) is 43.8 Å². The second-order valence-corrected chi connectivity index (χ2v) is 10.3. The van der Waals surface area contributed by atoms with Gasteiger partial charge in [0.15, 0.2) is 11.5 Å². The molecular formula is C30H34N8O3. The zero-order chi connectivity index (χ0) is 29.7. The third-order valence-electron chi connectivity index (χ3n) is 6.96. The van der Waals surface area contributed by atoms with Crippen molar-refractivity contribution in [2.45, 2.75) is 52.5 Å². The lowest BCUT2D eigenvalue weighted by molar-refractivity contribution is -0.130. The van der Waals surface area contributed by atoms with Crippen LogP contribution in [0.1, 0.15) is 78.3 Å². The number of benzene rings is 1. The molecule has 3 amide bonds. The fourth-order valence-electron chi connectivity index (χ4n) is 4.91. The summed E-state index contributed by atoms with van der Waals surface area (Å²) in [5.74, 6) is 5.67. The number of nitrogens with one attached hydrogen (secondary N) is 1. The SMILES string of the molecule is [C-]#[N+]/C(=C\C(C)C)C(=O)N1CCCC[C@H]1c1nc(-c2ccc(C(=O)Nc3cc(CC)ccn3)cc2)c(C(N)=O)n1N. The maximum atomic E-state index is 13.4. The highest BCUT2D eigenvalue weighted by Gasteiger charge is 2.35. The maximum absolute atomic E-state index is 13.4. The second kappa shape index (κ2) is 12.5. The highest BCUT2D eigenvalue weighted by atomic mass is 16.2. The molecule has 3 heterocycles. The lowest BCUT2D eigenvalue weighted by Crippen LogP contribution is -2.41. The number of carbonyl (C=O) groups excluding carboxylic acids is 3. The van der Waals surface area contributed by atoms with Crippen LogP contribution in [0.2, 0.25) is 0 Å². The molecule has 3 aromatic rings. The minimum atomic E-state index is -0.778. The first-order valence-corrected chi connectivity index (χ1v) is 13.6. The fourth-order valence-corrected chi connectivity index (χ4v) is 4.91. The van der Waals surface area contributed by atoms with Gasteiger partial charge in [-0.25, -0.2) is 19.5 Å². The molecule has 1 aliphatic rings. The molecule has 41 heavy (non-hydrogen) atoms. The van der Waals surface area contributed by atoms with Crippen molar-refractivity contribution in [1.82, 2.24) is 19.5 Å². The summed E-state index contributed by atoms with van der Waals surface area (Å²) in [6.45, 7) is 13.8. The van der Waals surface area contributed by atoms with Gasteiger partial charge in [0.25, 0.3) is 17.7 Å². The van der Waals surface area contributed by atoms with Crippen molar-refractivity contribution in [3.05, 3.63) is 88.4 Å². The molecule has 0 spiro atoms. The number of anilines is 1. The number of nitrogens with two attached hydrogens (primary N) is 2. The van der Waals surface area contributed by atoms with Gasteiger partial charge in [-0.15, -0.1) is 0 Å². The number of nitrogen functional groups attached to an aromatic ring is 1. The van der Waals surface area contributed by atoms with Gasteiger partial charge in [0.1, 0.15) is 11.5 Å². The van der Waals surface area contributed by atoms with E-state index in [0.717, 1.165) is 29.5 Å². The number of likely N-dealkylation sites (tertiary alicyclic amines) is 1. The number of rotatable bonds is 8. The van der Waals surface area contributed by atoms with Crippen LogP contribution >= 0.6 is 0 Å². The van der Waals surface area contributed by atoms with Gasteiger partial charge in [0.2, 0.25) is 5.70 Å². The van der Waals surface area contributed by atoms with Gasteiger partial charge >= 0.3 is 0 Å². The Hall–Kier alpha value is -4.98. The van der Waals surface area contributed by atoms with E-state index in [9.17, 15) is 14.4 Å². The molecule has 4 rings (SSSR count). The average molecular weight is 555 g/mol. The number of hydrogen-bond donors (Lipinski definition) is 3. The van der Waals surface area contributed by atoms with E-state index < -0.39 is 17.9 Å². The van der Waals surface area contributed by atoms with Gasteiger partial charge in [-0.3, -0.25) is 14.4 Å². The van der Waals surface area contributed by atoms with Gasteiger partial charge in [-0.05, 0) is 61.4 Å². The number of hydrogen-bond acceptors (Lipinski definition) is 6. The van der Waals surface area contributed by atoms with Gasteiger partial charge in [-0.1, -0.05) is 39.0 Å². The molecule has 212 valence electrons. The Morgan fingerprint density at radius 2 is 1.93 bits per heavy atom. The van der Waals surface area contributed by atoms with E-state index in [1.807, 2.05) is 32.9 Å². The molecule has 0 bridgehead atoms. The molecule has 0 unspecified atom stereocenters. The van der Waals surface area contributed by atoms with E-state index >= 15 is 0 Å². The van der Waals surface area contributed by atoms with E-state index in [-0.39, 0.29) is 28.9 Å². The number of imidazole rings is 1. The molecule has 11 heteroatoms. The summed E-state index contributed by atoms with van der Waals surface area (Å²) in [6.07, 6.45) is 6.27. The molecule has 0 saturated carbocycles. The number of pyridine rings is 1. The van der Waals surface area contributed by atoms with Gasteiger partial charge in [0, 0.05) is 23.9 Å². The van der Waals surface area contributed by atoms with Crippen molar-refractivity contribution in [3.63, 3.8) is 0 Å². The van der Waals surface area contributed by atoms with Crippen LogP contribution in [0.3, 0.4) is 0 Å². The zero-order valence-electron chi connectivity index (χ0n) is 23.4. The Kier molecular flexibility index (Phi) is 8.82. The Morgan fingerprint density at radius 3 is 2.56 bits per heavy atom. The number of allylic oxidation sites excluding steroid dienone is 1. The van der Waals surface area contributed by atoms with Crippen LogP contribution in [0.4, 0.5) is 5.82 Å². The number of amides is 3. The molecule has 1 fully saturated rings. The number of aryl methyl sites for hydroxylation is 1. The first kappa shape index (κ1) is 29.0. The van der Waals surface area contributed by atoms with Crippen molar-refractivity contribution in [3.8, 4) is 11.3 Å². The van der Waals surface area contributed by atoms with Crippen LogP contribution < -0.4 is 16.9 Å². The lowest BCUT2D eigenvalue weighted by Gasteiger charge is -2.35. The number of nitrogens with zero attached hydrogens (tertiary/aromatic N) is 5. The average Bonchev–Trinajstić information content (AvgIpc) is 3.32. The van der Waals surface area contributed by atoms with Crippen LogP contribution in [0.15, 0.2) is 54.4 Å². The molecule has 1 saturated heterocycles. The molecular weight excluding hydrogens is 520 g/mol. The summed E-state index contributed by atoms with van der Waals surface area (Å²) in [5, 5.41) is 2.79. The van der Waals surface area contributed by atoms with E-state index in [2.05, 4.69) is 15.1 Å². The third kappa shape index (κ3) is 6.27. The van der Waals surface area contributed by atoms with Crippen molar-refractivity contribution < 1.29 is 14.4 Å². The summed E-state index contributed by atoms with van der Waals surface area (Å²) in [5.41, 5.74) is 7.97. The monoisotopic (exact) mass is 554 g/mol. The summed E-state index contributed by atoms with van der Waals surface area (Å²) in [4.78, 5) is 52.7. The normalized spacial score (nSPS) is 15.4. The molecule has 1 aromatic carbocycles. The van der Waals surface area contributed by atoms with Gasteiger partial charge in [0.05, 0.1) is 12.6 Å². The zero-order valence-corrected chi connectivity index (χ0v) is 23.4. The largest absolute Gasteiger partial charge is 0.364 e. The Balaban J connectivity index is 1.65. The predicted octanol–water partition coefficient (Wildman–Crippen LogP) is 4.09. The highest BCUT2D eigenvalue weighted by molar-refractivity contribution is 6.04. The Morgan fingerprint density at radius 1 is 1.20 bits per heavy atom. The molecule has 11 nitrogen and oxygen atoms in total. The number of piperidine rings is 1. The van der Waals surface area contributed by atoms with Gasteiger partial charge < -0.3 is 21.8 Å². The molecule has 2 aromatic heterocycles. The standard InChI is InChI=1S/C30H34N8O3/c1-5-19-13-14-34-24(17-19)35-29(40)21-11-9-20(10-12-21)25-26(27(31)39)38(32)28(36-25)23-8-6-7-15-37(23)30(41)22(33-4)16-18(2)3/h9-14,16-18,23H,5-8,15,32H2,1-3H3,(H2,31,39)(H,34,35,40)/b22-16-/t23-/m0/s1. The second-order valence-electron chi connectivity index (χ2n) is 10.3. The van der Waals surface area contributed by atoms with Crippen LogP contribution in [0.5, 0.6) is 0 Å². The van der Waals surface area contributed by atoms with Crippen molar-refractivity contribution in [2.75, 3.05) is 17.7 Å². The van der Waals surface area contributed by atoms with Crippen LogP contribution in [-0.2, 0) is 11.2 Å². The smallest absolute Gasteiger partial charge is 0.269 e. The summed E-state index contributed by atoms with van der Waals surface area (Å²) < 4.78 is 1.14. The first-order chi connectivity index (χ1) is 19.6. The quantitative estimate of drug-likeness (QED) is 0.217. The molecule has 1 aliphatic heterocycles. The first-order valence-electron chi connectivity index (χ1n) is 13.6. The van der Waals surface area contributed by atoms with Crippen LogP contribution in [0.25, 0.3) is 16.1 Å². The van der Waals surface area contributed by atoms with Gasteiger partial charge in [-0.2, -0.15) is 0 Å². The van der Waals surface area contributed by atoms with Crippen molar-refractivity contribution in [2.24, 2.45) is 11.7 Å². The number of aromatic nitrogens is 3. The number of carbonyl (C=O) groups is 3. The minimum Gasteiger partial charge on any atom is -0.364 e. The Bertz CT molecular complexity index is 1530. The van der Waals surface area contributed by atoms with E-state index in [1.54, 1.807) is 41.4 Å². The summed E-state index contributed by atoms with van der Waals surface area (Å²) in [7, 11) is 0. The van der Waals surface area contributed by atoms with E-state index in [0.29, 0.717) is 35.7 Å². The van der Waals surface area contributed by atoms with E-state index in [1.165, 1.54) is 0 Å². The van der Waals surface area contributed by atoms with Crippen LogP contribution in [0, 0.1) is 12.5 Å². The topological polar surface area (TPSA) is 154 Å².